The Balaban J connectivity index is 0.000000151. The van der Waals surface area contributed by atoms with E-state index in [1.54, 1.807) is 66.4 Å². The van der Waals surface area contributed by atoms with E-state index in [2.05, 4.69) is 95.0 Å². The van der Waals surface area contributed by atoms with Crippen LogP contribution in [0.15, 0.2) is 115 Å². The zero-order valence-electron chi connectivity index (χ0n) is 59.5. The van der Waals surface area contributed by atoms with E-state index in [1.807, 2.05) is 39.3 Å². The molecule has 540 valence electrons. The summed E-state index contributed by atoms with van der Waals surface area (Å²) in [7, 11) is 3.48. The number of benzene rings is 5. The third-order valence-corrected chi connectivity index (χ3v) is 23.7. The number of nitrogens with one attached hydrogen (secondary N) is 2. The Morgan fingerprint density at radius 1 is 0.634 bits per heavy atom. The number of fused-ring (bicyclic) bond motifs is 6. The van der Waals surface area contributed by atoms with E-state index in [4.69, 9.17) is 9.53 Å². The van der Waals surface area contributed by atoms with E-state index in [-0.39, 0.29) is 53.3 Å². The standard InChI is InChI=1S/C28H36N4O3.C27H32F2N4O2.C21H27N5OS.C2H4O.H2/c1-3-35-27(34)32-15-11-23(12-16-32)31-17-13-28(14-18-31)19-29-26-24(5-4-6-25(26)28)21-7-9-22(10-8-21)30-20(2)33;1-30(2)26(35)33-18-27(23-17-21(29)6-7-24(23)33)10-14-31(15-11-27)22-8-12-32(13-9-22)25(34)19-4-3-5-20(28)16-19;1-16(27)26-14-21(18-4-2-3-5-19(18)26)8-12-24(13-9-21)17-6-10-25(11-7-17)20-23-22-15-28-20;1-2-3;/h4-10,23,29H,3,11-19H2,1-2H3,(H,30,33);3-7,16-17,22H,8-15,18H2,1-2H3;2-5,15,17H,6-14H2,1H3;2H,1H3;1H. The summed E-state index contributed by atoms with van der Waals surface area (Å²) in [5, 5.41) is 15.8. The Bertz CT molecular complexity index is 3880. The quantitative estimate of drug-likeness (QED) is 0.137. The Kier molecular flexibility index (Phi) is 22.9. The second kappa shape index (κ2) is 31.9. The molecule has 15 rings (SSSR count). The minimum absolute atomic E-state index is 0. The van der Waals surface area contributed by atoms with Crippen molar-refractivity contribution in [3.05, 3.63) is 149 Å². The second-order valence-corrected chi connectivity index (χ2v) is 29.8. The number of halogens is 2. The van der Waals surface area contributed by atoms with Gasteiger partial charge in [0, 0.05) is 157 Å². The number of anilines is 5. The average molecular weight is 1400 g/mol. The number of amides is 6. The van der Waals surface area contributed by atoms with Crippen LogP contribution in [-0.2, 0) is 35.4 Å². The summed E-state index contributed by atoms with van der Waals surface area (Å²) in [6.07, 6.45) is 13.1. The first kappa shape index (κ1) is 72.4. The molecule has 0 saturated carbocycles. The summed E-state index contributed by atoms with van der Waals surface area (Å²) >= 11 is 1.63. The molecule has 5 aromatic carbocycles. The first-order valence-corrected chi connectivity index (χ1v) is 37.2. The van der Waals surface area contributed by atoms with Crippen molar-refractivity contribution < 1.29 is 43.7 Å². The van der Waals surface area contributed by atoms with Gasteiger partial charge in [0.05, 0.1) is 6.61 Å². The molecule has 23 heteroatoms. The maximum absolute atomic E-state index is 14.2. The number of aromatic nitrogens is 2. The number of urea groups is 1. The molecule has 3 spiro atoms. The molecule has 0 unspecified atom stereocenters. The number of carbonyl (C=O) groups is 6. The molecule has 9 aliphatic heterocycles. The van der Waals surface area contributed by atoms with Crippen molar-refractivity contribution in [1.82, 2.24) is 39.6 Å². The number of nitrogens with zero attached hydrogens (tertiary/aromatic N) is 11. The van der Waals surface area contributed by atoms with Gasteiger partial charge in [-0.25, -0.2) is 18.4 Å². The minimum atomic E-state index is -0.396. The number of para-hydroxylation sites is 2. The van der Waals surface area contributed by atoms with Gasteiger partial charge in [0.15, 0.2) is 0 Å². The van der Waals surface area contributed by atoms with Crippen molar-refractivity contribution in [2.45, 2.75) is 139 Å². The van der Waals surface area contributed by atoms with Crippen molar-refractivity contribution in [2.75, 3.05) is 144 Å². The fourth-order valence-electron chi connectivity index (χ4n) is 17.5. The predicted molar refractivity (Wildman–Crippen MR) is 395 cm³/mol. The Hall–Kier alpha value is -8.38. The van der Waals surface area contributed by atoms with Gasteiger partial charge in [-0.3, -0.25) is 19.3 Å². The monoisotopic (exact) mass is 1400 g/mol. The lowest BCUT2D eigenvalue weighted by Gasteiger charge is -2.45. The van der Waals surface area contributed by atoms with Crippen molar-refractivity contribution in [1.29, 1.82) is 0 Å². The first-order chi connectivity index (χ1) is 48.8. The molecule has 20 nitrogen and oxygen atoms in total. The molecule has 6 saturated heterocycles. The molecule has 6 amide bonds. The summed E-state index contributed by atoms with van der Waals surface area (Å²) < 4.78 is 32.9. The van der Waals surface area contributed by atoms with Crippen LogP contribution in [0.4, 0.5) is 46.3 Å². The summed E-state index contributed by atoms with van der Waals surface area (Å²) in [4.78, 5) is 89.2. The van der Waals surface area contributed by atoms with Gasteiger partial charge in [-0.15, -0.1) is 10.2 Å². The van der Waals surface area contributed by atoms with Gasteiger partial charge in [0.2, 0.25) is 16.9 Å². The van der Waals surface area contributed by atoms with Gasteiger partial charge in [-0.05, 0) is 207 Å². The van der Waals surface area contributed by atoms with Crippen LogP contribution in [-0.4, -0.2) is 213 Å². The van der Waals surface area contributed by atoms with E-state index in [9.17, 15) is 32.8 Å². The van der Waals surface area contributed by atoms with Gasteiger partial charge in [-0.1, -0.05) is 65.9 Å². The number of rotatable bonds is 8. The Morgan fingerprint density at radius 3 is 1.73 bits per heavy atom. The van der Waals surface area contributed by atoms with E-state index < -0.39 is 5.82 Å². The lowest BCUT2D eigenvalue weighted by atomic mass is 9.73. The highest BCUT2D eigenvalue weighted by atomic mass is 32.1. The summed E-state index contributed by atoms with van der Waals surface area (Å²) in [5.74, 6) is -0.670. The SMILES string of the molecule is CC(=O)N1CC2(CCN(C3CCN(c4nncs4)CC3)CC2)c2ccccc21.CC=O.CCOC(=O)N1CCC(N2CCC3(CC2)CNc2c(-c4ccc(NC(C)=O)cc4)cccc23)CC1.CN(C)C(=O)N1CC2(CCN(C3CCN(C(=O)c4cccc(F)c4)CC3)CC2)c2cc(F)ccc21.[HH]. The minimum Gasteiger partial charge on any atom is -0.450 e. The molecule has 6 fully saturated rings. The zero-order valence-corrected chi connectivity index (χ0v) is 60.3. The molecule has 9 aliphatic rings. The van der Waals surface area contributed by atoms with E-state index in [1.165, 1.54) is 67.3 Å². The number of likely N-dealkylation sites (tertiary alicyclic amines) is 5. The highest BCUT2D eigenvalue weighted by molar-refractivity contribution is 7.13. The average Bonchev–Trinajstić information content (AvgIpc) is 1.59. The van der Waals surface area contributed by atoms with Gasteiger partial charge in [-0.2, -0.15) is 0 Å². The molecule has 2 N–H and O–H groups in total. The third kappa shape index (κ3) is 15.8. The molecule has 0 radical (unpaired) electrons. The normalized spacial score (nSPS) is 20.3. The van der Waals surface area contributed by atoms with Crippen LogP contribution in [0.3, 0.4) is 0 Å². The van der Waals surface area contributed by atoms with Gasteiger partial charge < -0.3 is 59.4 Å². The van der Waals surface area contributed by atoms with Crippen LogP contribution < -0.4 is 25.3 Å². The molecular weight excluding hydrogens is 1300 g/mol. The van der Waals surface area contributed by atoms with Crippen molar-refractivity contribution in [3.63, 3.8) is 0 Å². The van der Waals surface area contributed by atoms with Crippen LogP contribution in [0.1, 0.15) is 133 Å². The Morgan fingerprint density at radius 2 is 1.17 bits per heavy atom. The lowest BCUT2D eigenvalue weighted by Crippen LogP contribution is -2.52. The number of aldehydes is 1. The topological polar surface area (TPSA) is 191 Å². The summed E-state index contributed by atoms with van der Waals surface area (Å²) in [6, 6.07) is 35.5. The lowest BCUT2D eigenvalue weighted by molar-refractivity contribution is -0.117. The molecule has 1 aromatic heterocycles. The molecule has 0 atom stereocenters. The maximum atomic E-state index is 14.2. The fourth-order valence-corrected chi connectivity index (χ4v) is 18.1. The number of hydrogen-bond acceptors (Lipinski definition) is 15. The third-order valence-electron chi connectivity index (χ3n) is 23.0. The highest BCUT2D eigenvalue weighted by Gasteiger charge is 2.50. The van der Waals surface area contributed by atoms with E-state index in [0.717, 1.165) is 182 Å². The number of hydrogen-bond donors (Lipinski definition) is 2. The van der Waals surface area contributed by atoms with Crippen LogP contribution >= 0.6 is 11.3 Å². The van der Waals surface area contributed by atoms with Crippen molar-refractivity contribution in [3.8, 4) is 11.1 Å². The van der Waals surface area contributed by atoms with Crippen molar-refractivity contribution >= 4 is 75.3 Å². The van der Waals surface area contributed by atoms with E-state index >= 15 is 0 Å². The van der Waals surface area contributed by atoms with Crippen LogP contribution in [0.2, 0.25) is 0 Å². The van der Waals surface area contributed by atoms with Crippen LogP contribution in [0, 0.1) is 11.6 Å². The number of carbonyl (C=O) groups excluding carboxylic acids is 6. The second-order valence-electron chi connectivity index (χ2n) is 29.0. The fraction of sp³-hybridized carbons (Fsp3) is 0.513. The zero-order chi connectivity index (χ0) is 71.0. The van der Waals surface area contributed by atoms with E-state index in [0.29, 0.717) is 49.9 Å². The number of ether oxygens (including phenoxy) is 1. The molecular formula is C78H101F2N13O7S. The molecule has 6 aromatic rings. The van der Waals surface area contributed by atoms with Gasteiger partial charge >= 0.3 is 12.1 Å². The molecule has 101 heavy (non-hydrogen) atoms. The van der Waals surface area contributed by atoms with Crippen LogP contribution in [0.25, 0.3) is 11.1 Å². The van der Waals surface area contributed by atoms with Gasteiger partial charge in [0.25, 0.3) is 5.91 Å². The molecule has 0 bridgehead atoms. The van der Waals surface area contributed by atoms with Crippen LogP contribution in [0.5, 0.6) is 0 Å². The maximum Gasteiger partial charge on any atom is 0.409 e. The smallest absolute Gasteiger partial charge is 0.409 e. The molecule has 10 heterocycles. The number of piperidine rings is 6. The summed E-state index contributed by atoms with van der Waals surface area (Å²) in [6.45, 7) is 20.6. The Labute approximate surface area is 598 Å². The first-order valence-electron chi connectivity index (χ1n) is 36.4. The highest BCUT2D eigenvalue weighted by Crippen LogP contribution is 2.51. The van der Waals surface area contributed by atoms with Gasteiger partial charge in [0.1, 0.15) is 23.4 Å². The predicted octanol–water partition coefficient (Wildman–Crippen LogP) is 12.2. The van der Waals surface area contributed by atoms with Crippen molar-refractivity contribution in [2.24, 2.45) is 0 Å². The molecule has 0 aliphatic carbocycles. The largest absolute Gasteiger partial charge is 0.450 e. The summed E-state index contributed by atoms with van der Waals surface area (Å²) in [5.41, 5.74) is 12.5.